The first-order valence-electron chi connectivity index (χ1n) is 9.01. The van der Waals surface area contributed by atoms with E-state index < -0.39 is 11.7 Å². The van der Waals surface area contributed by atoms with Crippen LogP contribution < -0.4 is 5.32 Å². The van der Waals surface area contributed by atoms with Gasteiger partial charge < -0.3 is 9.88 Å². The van der Waals surface area contributed by atoms with Crippen molar-refractivity contribution in [2.24, 2.45) is 0 Å². The first kappa shape index (κ1) is 19.1. The molecule has 0 aliphatic carbocycles. The van der Waals surface area contributed by atoms with Crippen molar-refractivity contribution in [1.82, 2.24) is 14.8 Å². The molecule has 0 saturated carbocycles. The maximum atomic E-state index is 14.1. The Balaban J connectivity index is 1.65. The van der Waals surface area contributed by atoms with Gasteiger partial charge in [0.1, 0.15) is 11.6 Å². The summed E-state index contributed by atoms with van der Waals surface area (Å²) in [5.74, 6) is 0.518. The van der Waals surface area contributed by atoms with Crippen molar-refractivity contribution in [3.05, 3.63) is 63.1 Å². The maximum Gasteiger partial charge on any atom is 0.258 e. The van der Waals surface area contributed by atoms with E-state index in [4.69, 9.17) is 11.6 Å². The molecule has 1 amide bonds. The predicted octanol–water partition coefficient (Wildman–Crippen LogP) is 5.48. The number of amides is 1. The summed E-state index contributed by atoms with van der Waals surface area (Å²) in [7, 11) is 0. The van der Waals surface area contributed by atoms with E-state index in [1.54, 1.807) is 24.3 Å². The number of aromatic nitrogens is 3. The van der Waals surface area contributed by atoms with Gasteiger partial charge in [0, 0.05) is 28.7 Å². The molecule has 3 aromatic rings. The number of hydrogen-bond acceptors (Lipinski definition) is 3. The van der Waals surface area contributed by atoms with Crippen molar-refractivity contribution in [3.63, 3.8) is 0 Å². The van der Waals surface area contributed by atoms with Crippen molar-refractivity contribution < 1.29 is 9.18 Å². The van der Waals surface area contributed by atoms with Gasteiger partial charge in [-0.05, 0) is 49.2 Å². The van der Waals surface area contributed by atoms with E-state index in [-0.39, 0.29) is 5.56 Å². The SMILES string of the molecule is O=C(Nc1ccc(Cl)c(-c2nnc3n2CCCCC3)c1)c1ccc(Br)cc1F. The first-order valence-corrected chi connectivity index (χ1v) is 10.2. The molecule has 0 radical (unpaired) electrons. The topological polar surface area (TPSA) is 59.8 Å². The molecule has 2 aromatic carbocycles. The number of nitrogens with one attached hydrogen (secondary N) is 1. The van der Waals surface area contributed by atoms with Gasteiger partial charge in [-0.3, -0.25) is 4.79 Å². The van der Waals surface area contributed by atoms with E-state index in [1.807, 2.05) is 0 Å². The van der Waals surface area contributed by atoms with Crippen LogP contribution in [0.4, 0.5) is 10.1 Å². The van der Waals surface area contributed by atoms with Crippen molar-refractivity contribution in [2.75, 3.05) is 5.32 Å². The quantitative estimate of drug-likeness (QED) is 0.559. The molecule has 0 unspecified atom stereocenters. The van der Waals surface area contributed by atoms with Crippen LogP contribution >= 0.6 is 27.5 Å². The van der Waals surface area contributed by atoms with Crippen molar-refractivity contribution in [1.29, 1.82) is 0 Å². The second kappa shape index (κ2) is 8.01. The van der Waals surface area contributed by atoms with Crippen molar-refractivity contribution in [2.45, 2.75) is 32.2 Å². The Morgan fingerprint density at radius 3 is 2.82 bits per heavy atom. The number of carbonyl (C=O) groups excluding carboxylic acids is 1. The Morgan fingerprint density at radius 1 is 1.14 bits per heavy atom. The van der Waals surface area contributed by atoms with Crippen LogP contribution in [0.15, 0.2) is 40.9 Å². The number of hydrogen-bond donors (Lipinski definition) is 1. The molecule has 0 fully saturated rings. The van der Waals surface area contributed by atoms with E-state index in [9.17, 15) is 9.18 Å². The number of carbonyl (C=O) groups is 1. The average molecular weight is 464 g/mol. The molecule has 1 N–H and O–H groups in total. The third-order valence-electron chi connectivity index (χ3n) is 4.75. The second-order valence-electron chi connectivity index (χ2n) is 6.68. The Kier molecular flexibility index (Phi) is 5.46. The molecule has 0 bridgehead atoms. The highest BCUT2D eigenvalue weighted by atomic mass is 79.9. The summed E-state index contributed by atoms with van der Waals surface area (Å²) in [6.07, 6.45) is 4.21. The Labute approximate surface area is 175 Å². The van der Waals surface area contributed by atoms with Crippen molar-refractivity contribution in [3.8, 4) is 11.4 Å². The highest BCUT2D eigenvalue weighted by Gasteiger charge is 2.19. The highest BCUT2D eigenvalue weighted by Crippen LogP contribution is 2.31. The van der Waals surface area contributed by atoms with Crippen LogP contribution in [0.3, 0.4) is 0 Å². The summed E-state index contributed by atoms with van der Waals surface area (Å²) >= 11 is 9.59. The fraction of sp³-hybridized carbons (Fsp3) is 0.250. The van der Waals surface area contributed by atoms with Gasteiger partial charge in [0.25, 0.3) is 5.91 Å². The molecule has 5 nitrogen and oxygen atoms in total. The Hall–Kier alpha value is -2.25. The standard InChI is InChI=1S/C20H17BrClFN4O/c21-12-5-7-14(17(23)10-12)20(28)24-13-6-8-16(22)15(11-13)19-26-25-18-4-2-1-3-9-27(18)19/h5-8,10-11H,1-4,9H2,(H,24,28). The minimum absolute atomic E-state index is 0.0314. The molecule has 8 heteroatoms. The number of halogens is 3. The van der Waals surface area contributed by atoms with Crippen LogP contribution in [-0.4, -0.2) is 20.7 Å². The van der Waals surface area contributed by atoms with Crippen LogP contribution in [0.1, 0.15) is 35.4 Å². The molecular formula is C20H17BrClFN4O. The van der Waals surface area contributed by atoms with E-state index >= 15 is 0 Å². The van der Waals surface area contributed by atoms with Gasteiger partial charge in [-0.15, -0.1) is 10.2 Å². The smallest absolute Gasteiger partial charge is 0.258 e. The maximum absolute atomic E-state index is 14.1. The number of fused-ring (bicyclic) bond motifs is 1. The van der Waals surface area contributed by atoms with Gasteiger partial charge in [0.05, 0.1) is 10.6 Å². The monoisotopic (exact) mass is 462 g/mol. The fourth-order valence-corrected chi connectivity index (χ4v) is 3.87. The Morgan fingerprint density at radius 2 is 2.00 bits per heavy atom. The average Bonchev–Trinajstić information content (AvgIpc) is 2.91. The summed E-state index contributed by atoms with van der Waals surface area (Å²) < 4.78 is 16.7. The molecule has 0 saturated heterocycles. The van der Waals surface area contributed by atoms with Gasteiger partial charge in [-0.1, -0.05) is 34.0 Å². The molecule has 1 aromatic heterocycles. The van der Waals surface area contributed by atoms with Gasteiger partial charge in [0.15, 0.2) is 5.82 Å². The van der Waals surface area contributed by atoms with E-state index in [0.717, 1.165) is 38.1 Å². The third kappa shape index (κ3) is 3.82. The van der Waals surface area contributed by atoms with Crippen LogP contribution in [0.5, 0.6) is 0 Å². The van der Waals surface area contributed by atoms with E-state index in [0.29, 0.717) is 26.6 Å². The van der Waals surface area contributed by atoms with Crippen LogP contribution in [0, 0.1) is 5.82 Å². The van der Waals surface area contributed by atoms with Gasteiger partial charge in [0.2, 0.25) is 0 Å². The second-order valence-corrected chi connectivity index (χ2v) is 8.00. The van der Waals surface area contributed by atoms with Crippen LogP contribution in [0.2, 0.25) is 5.02 Å². The molecule has 2 heterocycles. The number of nitrogens with zero attached hydrogens (tertiary/aromatic N) is 3. The molecule has 1 aliphatic rings. The summed E-state index contributed by atoms with van der Waals surface area (Å²) in [4.78, 5) is 12.5. The first-order chi connectivity index (χ1) is 13.5. The zero-order valence-electron chi connectivity index (χ0n) is 14.9. The van der Waals surface area contributed by atoms with Gasteiger partial charge in [-0.2, -0.15) is 0 Å². The largest absolute Gasteiger partial charge is 0.322 e. The van der Waals surface area contributed by atoms with E-state index in [1.165, 1.54) is 12.1 Å². The molecule has 144 valence electrons. The zero-order valence-corrected chi connectivity index (χ0v) is 17.2. The van der Waals surface area contributed by atoms with Crippen molar-refractivity contribution >= 4 is 39.1 Å². The normalized spacial score (nSPS) is 13.7. The zero-order chi connectivity index (χ0) is 19.7. The summed E-state index contributed by atoms with van der Waals surface area (Å²) in [6.45, 7) is 0.842. The van der Waals surface area contributed by atoms with Gasteiger partial charge in [-0.25, -0.2) is 4.39 Å². The lowest BCUT2D eigenvalue weighted by molar-refractivity contribution is 0.102. The molecule has 1 aliphatic heterocycles. The van der Waals surface area contributed by atoms with Gasteiger partial charge >= 0.3 is 0 Å². The summed E-state index contributed by atoms with van der Waals surface area (Å²) in [5.41, 5.74) is 1.17. The third-order valence-corrected chi connectivity index (χ3v) is 5.57. The fourth-order valence-electron chi connectivity index (χ4n) is 3.33. The molecular weight excluding hydrogens is 447 g/mol. The number of anilines is 1. The molecule has 0 spiro atoms. The van der Waals surface area contributed by atoms with Crippen LogP contribution in [-0.2, 0) is 13.0 Å². The predicted molar refractivity (Wildman–Crippen MR) is 110 cm³/mol. The Bertz CT molecular complexity index is 1050. The van der Waals surface area contributed by atoms with E-state index in [2.05, 4.69) is 36.0 Å². The lowest BCUT2D eigenvalue weighted by Crippen LogP contribution is -2.14. The minimum Gasteiger partial charge on any atom is -0.322 e. The minimum atomic E-state index is -0.594. The molecule has 4 rings (SSSR count). The lowest BCUT2D eigenvalue weighted by Gasteiger charge is -2.11. The van der Waals surface area contributed by atoms with Crippen LogP contribution in [0.25, 0.3) is 11.4 Å². The number of benzene rings is 2. The number of aryl methyl sites for hydroxylation is 1. The lowest BCUT2D eigenvalue weighted by atomic mass is 10.1. The molecule has 0 atom stereocenters. The highest BCUT2D eigenvalue weighted by molar-refractivity contribution is 9.10. The summed E-state index contributed by atoms with van der Waals surface area (Å²) in [5, 5.41) is 11.9. The number of rotatable bonds is 3. The summed E-state index contributed by atoms with van der Waals surface area (Å²) in [6, 6.07) is 9.44. The molecule has 28 heavy (non-hydrogen) atoms.